The average molecular weight is 314 g/mol. The Morgan fingerprint density at radius 3 is 2.77 bits per heavy atom. The molecule has 2 heterocycles. The molecule has 1 aliphatic heterocycles. The molecule has 1 amide bonds. The van der Waals surface area contributed by atoms with Crippen molar-refractivity contribution in [2.24, 2.45) is 0 Å². The first-order valence-corrected chi connectivity index (χ1v) is 8.07. The Bertz CT molecular complexity index is 732. The summed E-state index contributed by atoms with van der Waals surface area (Å²) in [6.07, 6.45) is 0.851. The number of rotatable bonds is 2. The molecular formula is C17H15FN2OS. The molecule has 0 saturated carbocycles. The van der Waals surface area contributed by atoms with E-state index in [1.165, 1.54) is 23.5 Å². The van der Waals surface area contributed by atoms with Crippen molar-refractivity contribution in [1.82, 2.24) is 4.90 Å². The molecule has 1 aromatic carbocycles. The largest absolute Gasteiger partial charge is 0.335 e. The number of nitrogens with zero attached hydrogens (tertiary/aromatic N) is 2. The summed E-state index contributed by atoms with van der Waals surface area (Å²) in [4.78, 5) is 14.5. The van der Waals surface area contributed by atoms with Gasteiger partial charge in [-0.1, -0.05) is 12.1 Å². The third-order valence-electron chi connectivity index (χ3n) is 4.19. The van der Waals surface area contributed by atoms with Gasteiger partial charge in [0, 0.05) is 29.3 Å². The highest BCUT2D eigenvalue weighted by molar-refractivity contribution is 7.08. The van der Waals surface area contributed by atoms with Gasteiger partial charge in [-0.3, -0.25) is 4.79 Å². The zero-order valence-electron chi connectivity index (χ0n) is 12.1. The van der Waals surface area contributed by atoms with Crippen molar-refractivity contribution in [2.75, 3.05) is 6.54 Å². The molecule has 0 radical (unpaired) electrons. The molecular weight excluding hydrogens is 299 g/mol. The Balaban J connectivity index is 1.80. The molecule has 0 bridgehead atoms. The maximum Gasteiger partial charge on any atom is 0.256 e. The zero-order valence-corrected chi connectivity index (χ0v) is 12.9. The lowest BCUT2D eigenvalue weighted by Crippen LogP contribution is -2.34. The van der Waals surface area contributed by atoms with Crippen LogP contribution in [-0.4, -0.2) is 23.4 Å². The molecule has 1 aliphatic rings. The number of nitriles is 1. The Kier molecular flexibility index (Phi) is 3.95. The molecule has 3 rings (SSSR count). The second kappa shape index (κ2) is 5.90. The van der Waals surface area contributed by atoms with E-state index in [-0.39, 0.29) is 23.7 Å². The zero-order chi connectivity index (χ0) is 15.7. The summed E-state index contributed by atoms with van der Waals surface area (Å²) in [5.41, 5.74) is 1.97. The number of benzene rings is 1. The van der Waals surface area contributed by atoms with Gasteiger partial charge in [-0.2, -0.15) is 16.6 Å². The standard InChI is InChI=1S/C17H15FN2OS/c1-11-6-13(12-2-4-15(18)5-3-12)8-20(11)17(21)16-10-22-9-14(16)7-19/h2-5,9-11,13H,6,8H2,1H3. The van der Waals surface area contributed by atoms with E-state index in [2.05, 4.69) is 6.07 Å². The first-order chi connectivity index (χ1) is 10.6. The summed E-state index contributed by atoms with van der Waals surface area (Å²) < 4.78 is 13.0. The van der Waals surface area contributed by atoms with E-state index >= 15 is 0 Å². The molecule has 112 valence electrons. The Hall–Kier alpha value is -2.19. The quantitative estimate of drug-likeness (QED) is 0.847. The minimum absolute atomic E-state index is 0.0880. The van der Waals surface area contributed by atoms with Crippen LogP contribution in [0.3, 0.4) is 0 Å². The average Bonchev–Trinajstić information content (AvgIpc) is 3.13. The molecule has 2 unspecified atom stereocenters. The summed E-state index contributed by atoms with van der Waals surface area (Å²) in [5.74, 6) is -0.127. The van der Waals surface area contributed by atoms with E-state index in [1.54, 1.807) is 22.9 Å². The van der Waals surface area contributed by atoms with Gasteiger partial charge in [-0.25, -0.2) is 4.39 Å². The predicted molar refractivity (Wildman–Crippen MR) is 83.3 cm³/mol. The van der Waals surface area contributed by atoms with Gasteiger partial charge < -0.3 is 4.90 Å². The van der Waals surface area contributed by atoms with Crippen molar-refractivity contribution in [1.29, 1.82) is 5.26 Å². The molecule has 0 spiro atoms. The van der Waals surface area contributed by atoms with Crippen LogP contribution in [0.25, 0.3) is 0 Å². The molecule has 0 N–H and O–H groups in total. The minimum atomic E-state index is -0.250. The molecule has 2 atom stereocenters. The maximum absolute atomic E-state index is 13.0. The fourth-order valence-electron chi connectivity index (χ4n) is 2.99. The normalized spacial score (nSPS) is 20.9. The lowest BCUT2D eigenvalue weighted by Gasteiger charge is -2.21. The number of hydrogen-bond acceptors (Lipinski definition) is 3. The number of thiophene rings is 1. The Labute approximate surface area is 132 Å². The van der Waals surface area contributed by atoms with Crippen molar-refractivity contribution in [3.63, 3.8) is 0 Å². The summed E-state index contributed by atoms with van der Waals surface area (Å²) >= 11 is 1.37. The van der Waals surface area contributed by atoms with E-state index in [9.17, 15) is 9.18 Å². The van der Waals surface area contributed by atoms with E-state index in [1.807, 2.05) is 11.8 Å². The summed E-state index contributed by atoms with van der Waals surface area (Å²) in [6.45, 7) is 2.62. The predicted octanol–water partition coefficient (Wildman–Crippen LogP) is 3.78. The SMILES string of the molecule is CC1CC(c2ccc(F)cc2)CN1C(=O)c1cscc1C#N. The molecule has 22 heavy (non-hydrogen) atoms. The van der Waals surface area contributed by atoms with Gasteiger partial charge in [-0.15, -0.1) is 0 Å². The van der Waals surface area contributed by atoms with Crippen LogP contribution < -0.4 is 0 Å². The topological polar surface area (TPSA) is 44.1 Å². The number of carbonyl (C=O) groups is 1. The Morgan fingerprint density at radius 1 is 1.36 bits per heavy atom. The van der Waals surface area contributed by atoms with Crippen LogP contribution in [0.5, 0.6) is 0 Å². The van der Waals surface area contributed by atoms with E-state index < -0.39 is 0 Å². The second-order valence-corrected chi connectivity index (χ2v) is 6.35. The number of carbonyl (C=O) groups excluding carboxylic acids is 1. The lowest BCUT2D eigenvalue weighted by molar-refractivity contribution is 0.0746. The second-order valence-electron chi connectivity index (χ2n) is 5.60. The first-order valence-electron chi connectivity index (χ1n) is 7.13. The highest BCUT2D eigenvalue weighted by atomic mass is 32.1. The van der Waals surface area contributed by atoms with E-state index in [0.717, 1.165) is 12.0 Å². The highest BCUT2D eigenvalue weighted by Crippen LogP contribution is 2.33. The van der Waals surface area contributed by atoms with Crippen molar-refractivity contribution in [3.05, 3.63) is 57.5 Å². The van der Waals surface area contributed by atoms with Crippen LogP contribution in [0.4, 0.5) is 4.39 Å². The van der Waals surface area contributed by atoms with Crippen LogP contribution in [0.1, 0.15) is 40.7 Å². The summed E-state index contributed by atoms with van der Waals surface area (Å²) in [5, 5.41) is 12.5. The number of amides is 1. The van der Waals surface area contributed by atoms with Crippen molar-refractivity contribution in [2.45, 2.75) is 25.3 Å². The third-order valence-corrected chi connectivity index (χ3v) is 4.93. The third kappa shape index (κ3) is 2.62. The molecule has 1 saturated heterocycles. The van der Waals surface area contributed by atoms with Crippen LogP contribution >= 0.6 is 11.3 Å². The molecule has 5 heteroatoms. The van der Waals surface area contributed by atoms with E-state index in [0.29, 0.717) is 17.7 Å². The van der Waals surface area contributed by atoms with Crippen molar-refractivity contribution in [3.8, 4) is 6.07 Å². The molecule has 1 aromatic heterocycles. The van der Waals surface area contributed by atoms with Crippen LogP contribution in [0, 0.1) is 17.1 Å². The van der Waals surface area contributed by atoms with Crippen molar-refractivity contribution >= 4 is 17.2 Å². The number of hydrogen-bond donors (Lipinski definition) is 0. The number of halogens is 1. The Morgan fingerprint density at radius 2 is 2.09 bits per heavy atom. The van der Waals surface area contributed by atoms with E-state index in [4.69, 9.17) is 5.26 Å². The summed E-state index contributed by atoms with van der Waals surface area (Å²) in [6, 6.07) is 8.65. The van der Waals surface area contributed by atoms with Gasteiger partial charge in [0.05, 0.1) is 11.1 Å². The van der Waals surface area contributed by atoms with Gasteiger partial charge in [0.1, 0.15) is 11.9 Å². The number of likely N-dealkylation sites (tertiary alicyclic amines) is 1. The van der Waals surface area contributed by atoms with Crippen LogP contribution in [-0.2, 0) is 0 Å². The lowest BCUT2D eigenvalue weighted by atomic mass is 9.97. The fourth-order valence-corrected chi connectivity index (χ4v) is 3.74. The first kappa shape index (κ1) is 14.7. The monoisotopic (exact) mass is 314 g/mol. The van der Waals surface area contributed by atoms with Gasteiger partial charge in [0.25, 0.3) is 5.91 Å². The summed E-state index contributed by atoms with van der Waals surface area (Å²) in [7, 11) is 0. The molecule has 2 aromatic rings. The molecule has 1 fully saturated rings. The van der Waals surface area contributed by atoms with Gasteiger partial charge in [-0.05, 0) is 31.0 Å². The molecule has 3 nitrogen and oxygen atoms in total. The fraction of sp³-hybridized carbons (Fsp3) is 0.294. The highest BCUT2D eigenvalue weighted by Gasteiger charge is 2.34. The maximum atomic E-state index is 13.0. The minimum Gasteiger partial charge on any atom is -0.335 e. The van der Waals surface area contributed by atoms with Crippen LogP contribution in [0.15, 0.2) is 35.0 Å². The smallest absolute Gasteiger partial charge is 0.256 e. The van der Waals surface area contributed by atoms with Gasteiger partial charge in [0.15, 0.2) is 0 Å². The van der Waals surface area contributed by atoms with Gasteiger partial charge >= 0.3 is 0 Å². The molecule has 0 aliphatic carbocycles. The van der Waals surface area contributed by atoms with Gasteiger partial charge in [0.2, 0.25) is 0 Å². The van der Waals surface area contributed by atoms with Crippen LogP contribution in [0.2, 0.25) is 0 Å². The van der Waals surface area contributed by atoms with Crippen molar-refractivity contribution < 1.29 is 9.18 Å².